The standard InChI is InChI=1S/C15H26N2O4/c1-11(2)7-17-8-12(6-13(17)19)14(20)16-15(9-18)4-3-5-21-10-15/h11-12,18H,3-10H2,1-2H3,(H,16,20). The predicted octanol–water partition coefficient (Wildman–Crippen LogP) is 0.149. The summed E-state index contributed by atoms with van der Waals surface area (Å²) in [7, 11) is 0. The highest BCUT2D eigenvalue weighted by atomic mass is 16.5. The van der Waals surface area contributed by atoms with Gasteiger partial charge in [-0.3, -0.25) is 9.59 Å². The third-order valence-electron chi connectivity index (χ3n) is 4.18. The maximum Gasteiger partial charge on any atom is 0.226 e. The average molecular weight is 298 g/mol. The molecule has 2 unspecified atom stereocenters. The van der Waals surface area contributed by atoms with Crippen LogP contribution in [0.5, 0.6) is 0 Å². The molecule has 6 heteroatoms. The van der Waals surface area contributed by atoms with Crippen LogP contribution in [0, 0.1) is 11.8 Å². The third kappa shape index (κ3) is 3.95. The van der Waals surface area contributed by atoms with Crippen molar-refractivity contribution in [1.82, 2.24) is 10.2 Å². The van der Waals surface area contributed by atoms with Gasteiger partial charge in [0.25, 0.3) is 0 Å². The molecule has 2 saturated heterocycles. The van der Waals surface area contributed by atoms with Gasteiger partial charge in [0, 0.05) is 26.1 Å². The number of hydrogen-bond acceptors (Lipinski definition) is 4. The summed E-state index contributed by atoms with van der Waals surface area (Å²) in [6, 6.07) is 0. The Morgan fingerprint density at radius 1 is 1.57 bits per heavy atom. The number of carbonyl (C=O) groups is 2. The first-order valence-corrected chi connectivity index (χ1v) is 7.74. The maximum absolute atomic E-state index is 12.4. The lowest BCUT2D eigenvalue weighted by Gasteiger charge is -2.36. The van der Waals surface area contributed by atoms with Crippen molar-refractivity contribution in [1.29, 1.82) is 0 Å². The first-order chi connectivity index (χ1) is 9.96. The van der Waals surface area contributed by atoms with Gasteiger partial charge in [0.05, 0.1) is 24.7 Å². The number of rotatable bonds is 5. The van der Waals surface area contributed by atoms with E-state index in [1.165, 1.54) is 0 Å². The van der Waals surface area contributed by atoms with Crippen molar-refractivity contribution in [3.8, 4) is 0 Å². The van der Waals surface area contributed by atoms with Crippen LogP contribution < -0.4 is 5.32 Å². The van der Waals surface area contributed by atoms with Crippen molar-refractivity contribution in [2.75, 3.05) is 32.9 Å². The molecule has 2 aliphatic heterocycles. The Bertz CT molecular complexity index is 391. The normalized spacial score (nSPS) is 30.0. The number of aliphatic hydroxyl groups excluding tert-OH is 1. The number of aliphatic hydroxyl groups is 1. The second kappa shape index (κ2) is 6.75. The first-order valence-electron chi connectivity index (χ1n) is 7.74. The highest BCUT2D eigenvalue weighted by Gasteiger charge is 2.39. The fourth-order valence-electron chi connectivity index (χ4n) is 3.04. The van der Waals surface area contributed by atoms with Gasteiger partial charge < -0.3 is 20.1 Å². The number of ether oxygens (including phenoxy) is 1. The summed E-state index contributed by atoms with van der Waals surface area (Å²) in [6.45, 7) is 6.16. The molecule has 2 rings (SSSR count). The first kappa shape index (κ1) is 16.2. The molecule has 0 aliphatic carbocycles. The molecule has 2 N–H and O–H groups in total. The van der Waals surface area contributed by atoms with Gasteiger partial charge in [-0.05, 0) is 18.8 Å². The molecular formula is C15H26N2O4. The van der Waals surface area contributed by atoms with E-state index in [-0.39, 0.29) is 30.8 Å². The highest BCUT2D eigenvalue weighted by Crippen LogP contribution is 2.23. The van der Waals surface area contributed by atoms with Crippen molar-refractivity contribution < 1.29 is 19.4 Å². The van der Waals surface area contributed by atoms with Crippen LogP contribution in [0.4, 0.5) is 0 Å². The summed E-state index contributed by atoms with van der Waals surface area (Å²) < 4.78 is 5.38. The van der Waals surface area contributed by atoms with E-state index in [4.69, 9.17) is 4.74 Å². The van der Waals surface area contributed by atoms with Crippen LogP contribution in [-0.4, -0.2) is 60.3 Å². The van der Waals surface area contributed by atoms with E-state index in [2.05, 4.69) is 19.2 Å². The molecule has 0 aromatic carbocycles. The molecule has 0 bridgehead atoms. The van der Waals surface area contributed by atoms with Gasteiger partial charge in [-0.1, -0.05) is 13.8 Å². The Labute approximate surface area is 125 Å². The highest BCUT2D eigenvalue weighted by molar-refractivity contribution is 5.89. The molecule has 21 heavy (non-hydrogen) atoms. The maximum atomic E-state index is 12.4. The lowest BCUT2D eigenvalue weighted by atomic mass is 9.92. The topological polar surface area (TPSA) is 78.9 Å². The van der Waals surface area contributed by atoms with Crippen molar-refractivity contribution in [3.63, 3.8) is 0 Å². The van der Waals surface area contributed by atoms with Gasteiger partial charge in [0.15, 0.2) is 0 Å². The van der Waals surface area contributed by atoms with E-state index in [9.17, 15) is 14.7 Å². The van der Waals surface area contributed by atoms with Crippen LogP contribution in [0.1, 0.15) is 33.1 Å². The number of nitrogens with zero attached hydrogens (tertiary/aromatic N) is 1. The summed E-state index contributed by atoms with van der Waals surface area (Å²) in [5.74, 6) is -0.0242. The molecule has 2 amide bonds. The smallest absolute Gasteiger partial charge is 0.226 e. The van der Waals surface area contributed by atoms with E-state index in [0.717, 1.165) is 6.42 Å². The lowest BCUT2D eigenvalue weighted by Crippen LogP contribution is -2.58. The summed E-state index contributed by atoms with van der Waals surface area (Å²) in [4.78, 5) is 26.1. The van der Waals surface area contributed by atoms with E-state index >= 15 is 0 Å². The molecule has 0 spiro atoms. The zero-order valence-corrected chi connectivity index (χ0v) is 12.9. The molecule has 2 fully saturated rings. The Morgan fingerprint density at radius 3 is 2.90 bits per heavy atom. The van der Waals surface area contributed by atoms with E-state index in [0.29, 0.717) is 38.6 Å². The van der Waals surface area contributed by atoms with Gasteiger partial charge in [-0.25, -0.2) is 0 Å². The summed E-state index contributed by atoms with van der Waals surface area (Å²) in [6.07, 6.45) is 1.80. The van der Waals surface area contributed by atoms with Gasteiger partial charge >= 0.3 is 0 Å². The quantitative estimate of drug-likeness (QED) is 0.757. The minimum absolute atomic E-state index is 0.0433. The van der Waals surface area contributed by atoms with Crippen molar-refractivity contribution >= 4 is 11.8 Å². The molecule has 0 aromatic heterocycles. The van der Waals surface area contributed by atoms with Crippen molar-refractivity contribution in [2.45, 2.75) is 38.6 Å². The average Bonchev–Trinajstić information content (AvgIpc) is 2.80. The van der Waals surface area contributed by atoms with Crippen molar-refractivity contribution in [3.05, 3.63) is 0 Å². The molecule has 120 valence electrons. The Kier molecular flexibility index (Phi) is 5.22. The zero-order valence-electron chi connectivity index (χ0n) is 12.9. The molecule has 0 aromatic rings. The van der Waals surface area contributed by atoms with E-state index in [1.807, 2.05) is 0 Å². The van der Waals surface area contributed by atoms with Crippen LogP contribution >= 0.6 is 0 Å². The van der Waals surface area contributed by atoms with Crippen LogP contribution in [0.15, 0.2) is 0 Å². The summed E-state index contributed by atoms with van der Waals surface area (Å²) >= 11 is 0. The van der Waals surface area contributed by atoms with Crippen LogP contribution in [0.3, 0.4) is 0 Å². The number of hydrogen-bond donors (Lipinski definition) is 2. The zero-order chi connectivity index (χ0) is 15.5. The molecule has 6 nitrogen and oxygen atoms in total. The second-order valence-electron chi connectivity index (χ2n) is 6.68. The van der Waals surface area contributed by atoms with E-state index in [1.54, 1.807) is 4.90 Å². The second-order valence-corrected chi connectivity index (χ2v) is 6.68. The third-order valence-corrected chi connectivity index (χ3v) is 4.18. The monoisotopic (exact) mass is 298 g/mol. The molecule has 0 radical (unpaired) electrons. The van der Waals surface area contributed by atoms with E-state index < -0.39 is 5.54 Å². The SMILES string of the molecule is CC(C)CN1CC(C(=O)NC2(CO)CCCOC2)CC1=O. The molecular weight excluding hydrogens is 272 g/mol. The van der Waals surface area contributed by atoms with Gasteiger partial charge in [0.1, 0.15) is 0 Å². The van der Waals surface area contributed by atoms with Gasteiger partial charge in [-0.2, -0.15) is 0 Å². The number of likely N-dealkylation sites (tertiary alicyclic amines) is 1. The van der Waals surface area contributed by atoms with Crippen LogP contribution in [0.25, 0.3) is 0 Å². The Balaban J connectivity index is 1.93. The number of nitrogens with one attached hydrogen (secondary N) is 1. The molecule has 0 saturated carbocycles. The predicted molar refractivity (Wildman–Crippen MR) is 77.5 cm³/mol. The Morgan fingerprint density at radius 2 is 2.33 bits per heavy atom. The minimum Gasteiger partial charge on any atom is -0.394 e. The van der Waals surface area contributed by atoms with Gasteiger partial charge in [0.2, 0.25) is 11.8 Å². The summed E-state index contributed by atoms with van der Waals surface area (Å²) in [5, 5.41) is 12.5. The Hall–Kier alpha value is -1.14. The summed E-state index contributed by atoms with van der Waals surface area (Å²) in [5.41, 5.74) is -0.677. The molecule has 2 atom stereocenters. The molecule has 2 heterocycles. The lowest BCUT2D eigenvalue weighted by molar-refractivity contribution is -0.131. The minimum atomic E-state index is -0.677. The largest absolute Gasteiger partial charge is 0.394 e. The van der Waals surface area contributed by atoms with Gasteiger partial charge in [-0.15, -0.1) is 0 Å². The number of carbonyl (C=O) groups excluding carboxylic acids is 2. The van der Waals surface area contributed by atoms with Crippen molar-refractivity contribution in [2.24, 2.45) is 11.8 Å². The fraction of sp³-hybridized carbons (Fsp3) is 0.867. The van der Waals surface area contributed by atoms with Crippen LogP contribution in [0.2, 0.25) is 0 Å². The number of amides is 2. The van der Waals surface area contributed by atoms with Crippen LogP contribution in [-0.2, 0) is 14.3 Å². The fourth-order valence-corrected chi connectivity index (χ4v) is 3.04. The molecule has 2 aliphatic rings.